The molecule has 3 aromatic rings. The summed E-state index contributed by atoms with van der Waals surface area (Å²) in [5.74, 6) is 0.0292. The van der Waals surface area contributed by atoms with Crippen LogP contribution in [0.5, 0.6) is 11.8 Å². The van der Waals surface area contributed by atoms with Crippen molar-refractivity contribution >= 4 is 43.0 Å². The minimum Gasteiger partial charge on any atom is -0.504 e. The average Bonchev–Trinajstić information content (AvgIpc) is 2.89. The van der Waals surface area contributed by atoms with E-state index >= 15 is 0 Å². The van der Waals surface area contributed by atoms with Gasteiger partial charge in [0.25, 0.3) is 0 Å². The van der Waals surface area contributed by atoms with Gasteiger partial charge in [0.05, 0.1) is 8.95 Å². The maximum Gasteiger partial charge on any atom is 0.395 e. The second kappa shape index (κ2) is 5.46. The van der Waals surface area contributed by atoms with Crippen LogP contribution in [-0.2, 0) is 6.61 Å². The molecule has 3 rings (SSSR count). The van der Waals surface area contributed by atoms with Crippen LogP contribution in [0.3, 0.4) is 0 Å². The fourth-order valence-corrected chi connectivity index (χ4v) is 2.98. The largest absolute Gasteiger partial charge is 0.504 e. The molecule has 0 fully saturated rings. The third kappa shape index (κ3) is 2.53. The number of phenols is 1. The zero-order chi connectivity index (χ0) is 14.1. The molecule has 0 amide bonds. The molecule has 0 aliphatic heterocycles. The molecule has 102 valence electrons. The highest BCUT2D eigenvalue weighted by Crippen LogP contribution is 2.39. The molecule has 0 aliphatic carbocycles. The summed E-state index contributed by atoms with van der Waals surface area (Å²) in [6, 6.07) is 11.4. The van der Waals surface area contributed by atoms with E-state index in [0.717, 1.165) is 5.56 Å². The minimum absolute atomic E-state index is 0.0292. The molecule has 2 aromatic carbocycles. The molecular formula is C14H9Br2NO3. The number of fused-ring (bicyclic) bond motifs is 1. The molecule has 0 unspecified atom stereocenters. The first kappa shape index (κ1) is 13.5. The Morgan fingerprint density at radius 1 is 1.15 bits per heavy atom. The fraction of sp³-hybridized carbons (Fsp3) is 0.0714. The minimum atomic E-state index is 0.0292. The number of ether oxygens (including phenoxy) is 1. The third-order valence-corrected chi connectivity index (χ3v) is 3.93. The summed E-state index contributed by atoms with van der Waals surface area (Å²) in [5.41, 5.74) is 1.82. The first-order chi connectivity index (χ1) is 9.65. The molecule has 0 aliphatic rings. The van der Waals surface area contributed by atoms with Crippen LogP contribution in [0.4, 0.5) is 0 Å². The topological polar surface area (TPSA) is 55.5 Å². The normalized spacial score (nSPS) is 10.9. The van der Waals surface area contributed by atoms with Gasteiger partial charge in [0.2, 0.25) is 0 Å². The van der Waals surface area contributed by atoms with Crippen molar-refractivity contribution in [2.45, 2.75) is 6.61 Å². The maximum absolute atomic E-state index is 9.94. The number of oxazole rings is 1. The zero-order valence-corrected chi connectivity index (χ0v) is 13.3. The van der Waals surface area contributed by atoms with E-state index in [0.29, 0.717) is 26.7 Å². The van der Waals surface area contributed by atoms with E-state index in [9.17, 15) is 5.11 Å². The Kier molecular flexibility index (Phi) is 3.67. The molecule has 6 heteroatoms. The van der Waals surface area contributed by atoms with Gasteiger partial charge in [-0.2, -0.15) is 4.98 Å². The van der Waals surface area contributed by atoms with Crippen molar-refractivity contribution < 1.29 is 14.3 Å². The molecule has 0 saturated heterocycles. The van der Waals surface area contributed by atoms with Crippen molar-refractivity contribution in [2.75, 3.05) is 0 Å². The number of phenolic OH excluding ortho intramolecular Hbond substituents is 1. The molecular weight excluding hydrogens is 390 g/mol. The Labute approximate surface area is 131 Å². The number of aromatic nitrogens is 1. The van der Waals surface area contributed by atoms with Crippen molar-refractivity contribution in [3.63, 3.8) is 0 Å². The second-order valence-corrected chi connectivity index (χ2v) is 5.83. The van der Waals surface area contributed by atoms with E-state index in [1.807, 2.05) is 30.3 Å². The Balaban J connectivity index is 1.90. The van der Waals surface area contributed by atoms with E-state index < -0.39 is 0 Å². The quantitative estimate of drug-likeness (QED) is 0.698. The van der Waals surface area contributed by atoms with Crippen LogP contribution in [0.2, 0.25) is 0 Å². The first-order valence-electron chi connectivity index (χ1n) is 5.79. The lowest BCUT2D eigenvalue weighted by atomic mass is 10.2. The maximum atomic E-state index is 9.94. The standard InChI is InChI=1S/C14H9Br2NO3/c15-9-6-10(16)13-11(12(9)18)17-14(20-13)19-7-8-4-2-1-3-5-8/h1-6,18H,7H2. The van der Waals surface area contributed by atoms with E-state index in [4.69, 9.17) is 9.15 Å². The smallest absolute Gasteiger partial charge is 0.395 e. The van der Waals surface area contributed by atoms with Crippen molar-refractivity contribution in [1.29, 1.82) is 0 Å². The van der Waals surface area contributed by atoms with Crippen molar-refractivity contribution in [3.05, 3.63) is 50.9 Å². The van der Waals surface area contributed by atoms with Gasteiger partial charge in [0.1, 0.15) is 6.61 Å². The molecule has 0 atom stereocenters. The predicted octanol–water partition coefficient (Wildman–Crippen LogP) is 4.64. The fourth-order valence-electron chi connectivity index (χ4n) is 1.76. The Hall–Kier alpha value is -1.53. The van der Waals surface area contributed by atoms with Gasteiger partial charge < -0.3 is 14.3 Å². The number of nitrogens with zero attached hydrogens (tertiary/aromatic N) is 1. The van der Waals surface area contributed by atoms with E-state index in [1.165, 1.54) is 0 Å². The van der Waals surface area contributed by atoms with Gasteiger partial charge in [-0.1, -0.05) is 30.3 Å². The van der Waals surface area contributed by atoms with Crippen LogP contribution >= 0.6 is 31.9 Å². The molecule has 0 spiro atoms. The highest BCUT2D eigenvalue weighted by atomic mass is 79.9. The summed E-state index contributed by atoms with van der Waals surface area (Å²) in [4.78, 5) is 4.15. The van der Waals surface area contributed by atoms with Gasteiger partial charge in [-0.05, 0) is 43.5 Å². The van der Waals surface area contributed by atoms with Gasteiger partial charge in [-0.3, -0.25) is 0 Å². The van der Waals surface area contributed by atoms with Crippen LogP contribution < -0.4 is 4.74 Å². The van der Waals surface area contributed by atoms with Crippen molar-refractivity contribution in [3.8, 4) is 11.8 Å². The summed E-state index contributed by atoms with van der Waals surface area (Å²) < 4.78 is 12.2. The number of rotatable bonds is 3. The van der Waals surface area contributed by atoms with Crippen LogP contribution in [0, 0.1) is 0 Å². The second-order valence-electron chi connectivity index (χ2n) is 4.12. The Morgan fingerprint density at radius 2 is 1.90 bits per heavy atom. The van der Waals surface area contributed by atoms with E-state index in [1.54, 1.807) is 6.07 Å². The number of halogens is 2. The highest BCUT2D eigenvalue weighted by molar-refractivity contribution is 9.11. The number of aromatic hydroxyl groups is 1. The van der Waals surface area contributed by atoms with E-state index in [2.05, 4.69) is 36.8 Å². The van der Waals surface area contributed by atoms with Crippen LogP contribution in [0.25, 0.3) is 11.1 Å². The number of benzene rings is 2. The Bertz CT molecular complexity index is 756. The molecule has 0 bridgehead atoms. The highest BCUT2D eigenvalue weighted by Gasteiger charge is 2.16. The van der Waals surface area contributed by atoms with Gasteiger partial charge >= 0.3 is 6.08 Å². The van der Waals surface area contributed by atoms with Crippen molar-refractivity contribution in [2.24, 2.45) is 0 Å². The first-order valence-corrected chi connectivity index (χ1v) is 7.38. The summed E-state index contributed by atoms with van der Waals surface area (Å²) in [6.45, 7) is 0.354. The predicted molar refractivity (Wildman–Crippen MR) is 81.8 cm³/mol. The lowest BCUT2D eigenvalue weighted by Crippen LogP contribution is -1.94. The Morgan fingerprint density at radius 3 is 2.65 bits per heavy atom. The summed E-state index contributed by atoms with van der Waals surface area (Å²) in [6.07, 6.45) is 0.123. The molecule has 1 heterocycles. The molecule has 0 radical (unpaired) electrons. The molecule has 20 heavy (non-hydrogen) atoms. The monoisotopic (exact) mass is 397 g/mol. The van der Waals surface area contributed by atoms with Gasteiger partial charge in [-0.25, -0.2) is 0 Å². The van der Waals surface area contributed by atoms with E-state index in [-0.39, 0.29) is 11.8 Å². The lowest BCUT2D eigenvalue weighted by Gasteiger charge is -2.00. The number of hydrogen-bond acceptors (Lipinski definition) is 4. The van der Waals surface area contributed by atoms with Crippen LogP contribution in [0.15, 0.2) is 49.8 Å². The summed E-state index contributed by atoms with van der Waals surface area (Å²) in [7, 11) is 0. The zero-order valence-electron chi connectivity index (χ0n) is 10.1. The molecule has 1 N–H and O–H groups in total. The summed E-state index contributed by atoms with van der Waals surface area (Å²) in [5, 5.41) is 9.94. The lowest BCUT2D eigenvalue weighted by molar-refractivity contribution is 0.226. The molecule has 4 nitrogen and oxygen atoms in total. The van der Waals surface area contributed by atoms with Gasteiger partial charge in [0.15, 0.2) is 16.8 Å². The summed E-state index contributed by atoms with van der Waals surface area (Å²) >= 11 is 6.61. The van der Waals surface area contributed by atoms with Crippen molar-refractivity contribution in [1.82, 2.24) is 4.98 Å². The number of hydrogen-bond donors (Lipinski definition) is 1. The molecule has 0 saturated carbocycles. The van der Waals surface area contributed by atoms with Gasteiger partial charge in [-0.15, -0.1) is 0 Å². The van der Waals surface area contributed by atoms with Gasteiger partial charge in [0, 0.05) is 0 Å². The molecule has 1 aromatic heterocycles. The van der Waals surface area contributed by atoms with Crippen LogP contribution in [-0.4, -0.2) is 10.1 Å². The SMILES string of the molecule is Oc1c(Br)cc(Br)c2oc(OCc3ccccc3)nc12. The van der Waals surface area contributed by atoms with Crippen LogP contribution in [0.1, 0.15) is 5.56 Å². The third-order valence-electron chi connectivity index (χ3n) is 2.73. The average molecular weight is 399 g/mol.